The first-order valence-corrected chi connectivity index (χ1v) is 9.88. The molecule has 1 aliphatic rings. The number of H-pyrrole nitrogens is 1. The predicted molar refractivity (Wildman–Crippen MR) is 95.6 cm³/mol. The third kappa shape index (κ3) is 2.73. The Labute approximate surface area is 137 Å². The van der Waals surface area contributed by atoms with E-state index in [1.807, 2.05) is 11.8 Å². The van der Waals surface area contributed by atoms with Gasteiger partial charge in [-0.3, -0.25) is 9.36 Å². The fourth-order valence-electron chi connectivity index (χ4n) is 3.02. The number of aromatic amines is 1. The van der Waals surface area contributed by atoms with Crippen molar-refractivity contribution in [3.05, 3.63) is 25.6 Å². The molecule has 1 unspecified atom stereocenters. The van der Waals surface area contributed by atoms with Crippen molar-refractivity contribution < 1.29 is 0 Å². The zero-order valence-corrected chi connectivity index (χ0v) is 14.8. The van der Waals surface area contributed by atoms with E-state index >= 15 is 0 Å². The topological polar surface area (TPSA) is 37.8 Å². The van der Waals surface area contributed by atoms with Gasteiger partial charge < -0.3 is 4.98 Å². The lowest BCUT2D eigenvalue weighted by Crippen LogP contribution is -2.25. The molecule has 114 valence electrons. The van der Waals surface area contributed by atoms with Crippen LogP contribution in [0.1, 0.15) is 43.2 Å². The van der Waals surface area contributed by atoms with Gasteiger partial charge >= 0.3 is 0 Å². The Balaban J connectivity index is 2.06. The van der Waals surface area contributed by atoms with Crippen molar-refractivity contribution >= 4 is 45.5 Å². The molecule has 1 N–H and O–H groups in total. The zero-order chi connectivity index (χ0) is 15.0. The van der Waals surface area contributed by atoms with Gasteiger partial charge in [0.15, 0.2) is 4.77 Å². The molecule has 0 radical (unpaired) electrons. The van der Waals surface area contributed by atoms with Crippen molar-refractivity contribution in [3.63, 3.8) is 0 Å². The molecule has 21 heavy (non-hydrogen) atoms. The van der Waals surface area contributed by atoms with Crippen LogP contribution in [0.3, 0.4) is 0 Å². The van der Waals surface area contributed by atoms with Gasteiger partial charge in [-0.05, 0) is 61.9 Å². The second kappa shape index (κ2) is 6.26. The standard InChI is InChI=1S/C15H20N2OS3/c1-3-20-8-7-9(2)17-14(18)12-10-5-4-6-11(10)21-13(12)16-15(17)19/h9H,3-8H2,1-2H3,(H,16,19). The van der Waals surface area contributed by atoms with Crippen LogP contribution >= 0.6 is 35.3 Å². The monoisotopic (exact) mass is 340 g/mol. The molecule has 6 heteroatoms. The second-order valence-corrected chi connectivity index (χ2v) is 8.39. The molecule has 2 aromatic heterocycles. The number of thiophene rings is 1. The normalized spacial score (nSPS) is 15.5. The van der Waals surface area contributed by atoms with E-state index in [0.717, 1.165) is 41.0 Å². The third-order valence-corrected chi connectivity index (χ3v) is 6.56. The molecule has 2 heterocycles. The van der Waals surface area contributed by atoms with Gasteiger partial charge in [-0.1, -0.05) is 6.92 Å². The third-order valence-electron chi connectivity index (χ3n) is 4.12. The van der Waals surface area contributed by atoms with E-state index in [1.165, 1.54) is 16.9 Å². The van der Waals surface area contributed by atoms with Crippen LogP contribution in [0, 0.1) is 4.77 Å². The molecule has 3 rings (SSSR count). The summed E-state index contributed by atoms with van der Waals surface area (Å²) in [6, 6.07) is 0.154. The molecule has 1 aliphatic carbocycles. The van der Waals surface area contributed by atoms with Gasteiger partial charge in [0.1, 0.15) is 4.83 Å². The molecule has 0 saturated heterocycles. The van der Waals surface area contributed by atoms with E-state index in [4.69, 9.17) is 12.2 Å². The number of rotatable bonds is 5. The van der Waals surface area contributed by atoms with Crippen LogP contribution in [-0.4, -0.2) is 21.1 Å². The largest absolute Gasteiger partial charge is 0.323 e. The lowest BCUT2D eigenvalue weighted by atomic mass is 10.2. The summed E-state index contributed by atoms with van der Waals surface area (Å²) in [6.45, 7) is 4.26. The fraction of sp³-hybridized carbons (Fsp3) is 0.600. The van der Waals surface area contributed by atoms with E-state index in [0.29, 0.717) is 4.77 Å². The maximum absolute atomic E-state index is 12.9. The minimum Gasteiger partial charge on any atom is -0.323 e. The average molecular weight is 341 g/mol. The molecule has 0 aromatic carbocycles. The van der Waals surface area contributed by atoms with E-state index in [9.17, 15) is 4.79 Å². The lowest BCUT2D eigenvalue weighted by molar-refractivity contribution is 0.508. The highest BCUT2D eigenvalue weighted by Gasteiger charge is 2.22. The molecule has 0 bridgehead atoms. The number of hydrogen-bond acceptors (Lipinski definition) is 4. The maximum atomic E-state index is 12.9. The lowest BCUT2D eigenvalue weighted by Gasteiger charge is -2.15. The SMILES string of the molecule is CCSCCC(C)n1c(=S)[nH]c2sc3c(c2c1=O)CCC3. The molecule has 2 aromatic rings. The number of hydrogen-bond donors (Lipinski definition) is 1. The van der Waals surface area contributed by atoms with Crippen LogP contribution < -0.4 is 5.56 Å². The Bertz CT molecular complexity index is 772. The van der Waals surface area contributed by atoms with Crippen LogP contribution in [0.5, 0.6) is 0 Å². The zero-order valence-electron chi connectivity index (χ0n) is 12.4. The van der Waals surface area contributed by atoms with Crippen molar-refractivity contribution in [2.75, 3.05) is 11.5 Å². The van der Waals surface area contributed by atoms with Crippen LogP contribution in [0.25, 0.3) is 10.2 Å². The van der Waals surface area contributed by atoms with Gasteiger partial charge in [0.05, 0.1) is 5.39 Å². The summed E-state index contributed by atoms with van der Waals surface area (Å²) in [7, 11) is 0. The first-order valence-electron chi connectivity index (χ1n) is 7.50. The van der Waals surface area contributed by atoms with Crippen LogP contribution in [0.4, 0.5) is 0 Å². The van der Waals surface area contributed by atoms with E-state index in [1.54, 1.807) is 15.9 Å². The van der Waals surface area contributed by atoms with E-state index in [-0.39, 0.29) is 11.6 Å². The minimum absolute atomic E-state index is 0.113. The van der Waals surface area contributed by atoms with Crippen molar-refractivity contribution in [2.45, 2.75) is 45.6 Å². The van der Waals surface area contributed by atoms with Crippen molar-refractivity contribution in [1.82, 2.24) is 9.55 Å². The highest BCUT2D eigenvalue weighted by molar-refractivity contribution is 7.99. The van der Waals surface area contributed by atoms with Crippen LogP contribution in [-0.2, 0) is 12.8 Å². The summed E-state index contributed by atoms with van der Waals surface area (Å²) < 4.78 is 2.36. The van der Waals surface area contributed by atoms with E-state index < -0.39 is 0 Å². The summed E-state index contributed by atoms with van der Waals surface area (Å²) in [4.78, 5) is 18.6. The predicted octanol–water partition coefficient (Wildman–Crippen LogP) is 4.31. The molecular weight excluding hydrogens is 320 g/mol. The number of nitrogens with one attached hydrogen (secondary N) is 1. The van der Waals surface area contributed by atoms with Gasteiger partial charge in [-0.2, -0.15) is 11.8 Å². The highest BCUT2D eigenvalue weighted by atomic mass is 32.2. The second-order valence-electron chi connectivity index (χ2n) is 5.50. The molecule has 0 amide bonds. The Kier molecular flexibility index (Phi) is 4.57. The number of aryl methyl sites for hydroxylation is 2. The molecule has 0 spiro atoms. The smallest absolute Gasteiger partial charge is 0.263 e. The Morgan fingerprint density at radius 1 is 1.48 bits per heavy atom. The molecule has 0 fully saturated rings. The first-order chi connectivity index (χ1) is 10.1. The van der Waals surface area contributed by atoms with Gasteiger partial charge in [-0.25, -0.2) is 0 Å². The fourth-order valence-corrected chi connectivity index (χ4v) is 5.52. The van der Waals surface area contributed by atoms with Gasteiger partial charge in [0.2, 0.25) is 0 Å². The molecule has 1 atom stereocenters. The van der Waals surface area contributed by atoms with E-state index in [2.05, 4.69) is 18.8 Å². The van der Waals surface area contributed by atoms with Crippen molar-refractivity contribution in [1.29, 1.82) is 0 Å². The van der Waals surface area contributed by atoms with Crippen molar-refractivity contribution in [3.8, 4) is 0 Å². The first kappa shape index (κ1) is 15.3. The minimum atomic E-state index is 0.113. The summed E-state index contributed by atoms with van der Waals surface area (Å²) in [5.74, 6) is 2.18. The molecule has 0 aliphatic heterocycles. The summed E-state index contributed by atoms with van der Waals surface area (Å²) >= 11 is 9.06. The number of nitrogens with zero attached hydrogens (tertiary/aromatic N) is 1. The quantitative estimate of drug-likeness (QED) is 0.651. The summed E-state index contributed by atoms with van der Waals surface area (Å²) in [5.41, 5.74) is 1.39. The van der Waals surface area contributed by atoms with Crippen LogP contribution in [0.2, 0.25) is 0 Å². The molecular formula is C15H20N2OS3. The van der Waals surface area contributed by atoms with Gasteiger partial charge in [0.25, 0.3) is 5.56 Å². The number of aromatic nitrogens is 2. The Morgan fingerprint density at radius 2 is 2.29 bits per heavy atom. The van der Waals surface area contributed by atoms with Gasteiger partial charge in [0, 0.05) is 10.9 Å². The Hall–Kier alpha value is -0.590. The summed E-state index contributed by atoms with van der Waals surface area (Å²) in [6.07, 6.45) is 4.30. The highest BCUT2D eigenvalue weighted by Crippen LogP contribution is 2.34. The Morgan fingerprint density at radius 3 is 3.05 bits per heavy atom. The van der Waals surface area contributed by atoms with Crippen molar-refractivity contribution in [2.24, 2.45) is 0 Å². The molecule has 0 saturated carbocycles. The maximum Gasteiger partial charge on any atom is 0.263 e. The number of fused-ring (bicyclic) bond motifs is 3. The number of thioether (sulfide) groups is 1. The molecule has 3 nitrogen and oxygen atoms in total. The summed E-state index contributed by atoms with van der Waals surface area (Å²) in [5, 5.41) is 0.899. The van der Waals surface area contributed by atoms with Gasteiger partial charge in [-0.15, -0.1) is 11.3 Å². The average Bonchev–Trinajstić information content (AvgIpc) is 2.98. The van der Waals surface area contributed by atoms with Crippen LogP contribution in [0.15, 0.2) is 4.79 Å².